The van der Waals surface area contributed by atoms with Crippen molar-refractivity contribution >= 4 is 39.3 Å². The van der Waals surface area contributed by atoms with Crippen molar-refractivity contribution in [3.8, 4) is 0 Å². The van der Waals surface area contributed by atoms with Crippen molar-refractivity contribution < 1.29 is 14.3 Å². The number of carbonyl (C=O) groups is 2. The fourth-order valence-corrected chi connectivity index (χ4v) is 3.53. The third-order valence-electron chi connectivity index (χ3n) is 3.10. The third kappa shape index (κ3) is 3.85. The Morgan fingerprint density at radius 3 is 2.86 bits per heavy atom. The zero-order chi connectivity index (χ0) is 15.4. The van der Waals surface area contributed by atoms with E-state index in [0.29, 0.717) is 17.9 Å². The number of unbranched alkanes of at least 4 members (excludes halogenated alkanes) is 1. The minimum Gasteiger partial charge on any atom is -0.462 e. The molecule has 0 saturated heterocycles. The van der Waals surface area contributed by atoms with Crippen molar-refractivity contribution in [1.29, 1.82) is 0 Å². The fourth-order valence-electron chi connectivity index (χ4n) is 2.05. The number of allylic oxidation sites excluding steroid dienone is 1. The van der Waals surface area contributed by atoms with Gasteiger partial charge in [0.2, 0.25) is 0 Å². The smallest absolute Gasteiger partial charge is 0.338 e. The van der Waals surface area contributed by atoms with Crippen molar-refractivity contribution in [1.82, 2.24) is 10.6 Å². The van der Waals surface area contributed by atoms with E-state index in [4.69, 9.17) is 4.74 Å². The lowest BCUT2D eigenvalue weighted by atomic mass is 10.0. The van der Waals surface area contributed by atoms with E-state index in [1.165, 1.54) is 11.3 Å². The van der Waals surface area contributed by atoms with E-state index in [2.05, 4.69) is 26.6 Å². The largest absolute Gasteiger partial charge is 0.462 e. The number of hydrogen-bond acceptors (Lipinski definition) is 4. The Labute approximate surface area is 135 Å². The summed E-state index contributed by atoms with van der Waals surface area (Å²) in [6.45, 7) is 4.14. The van der Waals surface area contributed by atoms with Crippen LogP contribution in [0.25, 0.3) is 0 Å². The second kappa shape index (κ2) is 7.09. The van der Waals surface area contributed by atoms with E-state index in [9.17, 15) is 9.59 Å². The summed E-state index contributed by atoms with van der Waals surface area (Å²) in [4.78, 5) is 24.9. The van der Waals surface area contributed by atoms with Gasteiger partial charge in [0.1, 0.15) is 0 Å². The number of urea groups is 1. The van der Waals surface area contributed by atoms with Crippen LogP contribution in [0.15, 0.2) is 27.2 Å². The molecule has 0 radical (unpaired) electrons. The molecule has 21 heavy (non-hydrogen) atoms. The number of carbonyl (C=O) groups excluding carboxylic acids is 2. The highest BCUT2D eigenvalue weighted by Gasteiger charge is 2.32. The quantitative estimate of drug-likeness (QED) is 0.613. The van der Waals surface area contributed by atoms with Gasteiger partial charge in [-0.05, 0) is 41.4 Å². The lowest BCUT2D eigenvalue weighted by molar-refractivity contribution is -0.139. The first-order valence-electron chi connectivity index (χ1n) is 6.73. The number of ether oxygens (including phenoxy) is 1. The van der Waals surface area contributed by atoms with Gasteiger partial charge in [-0.3, -0.25) is 0 Å². The van der Waals surface area contributed by atoms with Crippen LogP contribution in [0.2, 0.25) is 0 Å². The number of halogens is 1. The second-order valence-corrected chi connectivity index (χ2v) is 7.20. The normalized spacial score (nSPS) is 18.2. The van der Waals surface area contributed by atoms with E-state index in [1.807, 2.05) is 19.1 Å². The van der Waals surface area contributed by atoms with Crippen LogP contribution in [0.3, 0.4) is 0 Å². The summed E-state index contributed by atoms with van der Waals surface area (Å²) in [6.07, 6.45) is 1.79. The Morgan fingerprint density at radius 1 is 1.48 bits per heavy atom. The highest BCUT2D eigenvalue weighted by Crippen LogP contribution is 2.34. The maximum Gasteiger partial charge on any atom is 0.338 e. The molecule has 0 aromatic carbocycles. The van der Waals surface area contributed by atoms with Crippen LogP contribution >= 0.6 is 27.3 Å². The predicted molar refractivity (Wildman–Crippen MR) is 85.0 cm³/mol. The molecule has 1 aromatic heterocycles. The average molecular weight is 373 g/mol. The number of nitrogens with one attached hydrogen (secondary N) is 2. The first kappa shape index (κ1) is 16.0. The van der Waals surface area contributed by atoms with Gasteiger partial charge in [0, 0.05) is 10.6 Å². The minimum atomic E-state index is -0.468. The zero-order valence-electron chi connectivity index (χ0n) is 11.9. The van der Waals surface area contributed by atoms with Gasteiger partial charge < -0.3 is 15.4 Å². The summed E-state index contributed by atoms with van der Waals surface area (Å²) in [5, 5.41) is 5.41. The number of amides is 2. The molecule has 0 aliphatic carbocycles. The van der Waals surface area contributed by atoms with E-state index in [-0.39, 0.29) is 12.0 Å². The Kier molecular flexibility index (Phi) is 5.41. The van der Waals surface area contributed by atoms with Crippen molar-refractivity contribution in [2.45, 2.75) is 32.7 Å². The molecule has 5 nitrogen and oxygen atoms in total. The summed E-state index contributed by atoms with van der Waals surface area (Å²) >= 11 is 4.88. The minimum absolute atomic E-state index is 0.313. The molecule has 1 unspecified atom stereocenters. The topological polar surface area (TPSA) is 67.4 Å². The van der Waals surface area contributed by atoms with Crippen LogP contribution in [0.5, 0.6) is 0 Å². The van der Waals surface area contributed by atoms with Crippen molar-refractivity contribution in [2.24, 2.45) is 0 Å². The molecule has 1 aliphatic rings. The summed E-state index contributed by atoms with van der Waals surface area (Å²) in [6, 6.07) is 3.00. The van der Waals surface area contributed by atoms with Gasteiger partial charge in [-0.25, -0.2) is 9.59 Å². The van der Waals surface area contributed by atoms with Gasteiger partial charge in [-0.15, -0.1) is 11.3 Å². The monoisotopic (exact) mass is 372 g/mol. The molecule has 1 atom stereocenters. The average Bonchev–Trinajstić information content (AvgIpc) is 2.84. The van der Waals surface area contributed by atoms with E-state index >= 15 is 0 Å². The Balaban J connectivity index is 2.26. The number of hydrogen-bond donors (Lipinski definition) is 2. The molecule has 2 amide bonds. The van der Waals surface area contributed by atoms with Gasteiger partial charge in [0.15, 0.2) is 0 Å². The lowest BCUT2D eigenvalue weighted by Gasteiger charge is -2.27. The van der Waals surface area contributed by atoms with Crippen LogP contribution in [-0.4, -0.2) is 18.6 Å². The van der Waals surface area contributed by atoms with Gasteiger partial charge in [-0.2, -0.15) is 0 Å². The van der Waals surface area contributed by atoms with Gasteiger partial charge >= 0.3 is 12.0 Å². The molecule has 114 valence electrons. The Hall–Kier alpha value is -1.34. The molecule has 2 heterocycles. The molecule has 7 heteroatoms. The van der Waals surface area contributed by atoms with Gasteiger partial charge in [0.05, 0.1) is 22.0 Å². The summed E-state index contributed by atoms with van der Waals surface area (Å²) < 4.78 is 6.24. The van der Waals surface area contributed by atoms with Gasteiger partial charge in [0.25, 0.3) is 0 Å². The van der Waals surface area contributed by atoms with Crippen molar-refractivity contribution in [2.75, 3.05) is 6.61 Å². The number of esters is 1. The third-order valence-corrected chi connectivity index (χ3v) is 4.79. The van der Waals surface area contributed by atoms with Gasteiger partial charge in [-0.1, -0.05) is 13.3 Å². The molecule has 0 fully saturated rings. The van der Waals surface area contributed by atoms with Crippen LogP contribution in [0.4, 0.5) is 4.79 Å². The van der Waals surface area contributed by atoms with E-state index < -0.39 is 6.04 Å². The molecular formula is C14H17BrN2O3S. The lowest BCUT2D eigenvalue weighted by Crippen LogP contribution is -2.45. The second-order valence-electron chi connectivity index (χ2n) is 4.70. The molecule has 2 rings (SSSR count). The maximum atomic E-state index is 12.3. The van der Waals surface area contributed by atoms with Crippen molar-refractivity contribution in [3.63, 3.8) is 0 Å². The first-order valence-corrected chi connectivity index (χ1v) is 8.34. The summed E-state index contributed by atoms with van der Waals surface area (Å²) in [5.74, 6) is -0.386. The Bertz CT molecular complexity index is 583. The van der Waals surface area contributed by atoms with Crippen LogP contribution in [0.1, 0.15) is 37.6 Å². The highest BCUT2D eigenvalue weighted by molar-refractivity contribution is 9.11. The molecule has 0 saturated carbocycles. The fraction of sp³-hybridized carbons (Fsp3) is 0.429. The molecule has 0 spiro atoms. The molecule has 1 aliphatic heterocycles. The van der Waals surface area contributed by atoms with Crippen LogP contribution in [-0.2, 0) is 9.53 Å². The van der Waals surface area contributed by atoms with E-state index in [0.717, 1.165) is 21.5 Å². The standard InChI is InChI=1S/C14H17BrN2O3S/c1-3-4-7-20-13(18)11-8(2)16-14(19)17-12(11)9-5-6-10(15)21-9/h5-6,12H,3-4,7H2,1-2H3,(H2,16,17,19). The predicted octanol–water partition coefficient (Wildman–Crippen LogP) is 3.48. The number of rotatable bonds is 5. The zero-order valence-corrected chi connectivity index (χ0v) is 14.3. The SMILES string of the molecule is CCCCOC(=O)C1=C(C)NC(=O)NC1c1ccc(Br)s1. The Morgan fingerprint density at radius 2 is 2.24 bits per heavy atom. The molecule has 2 N–H and O–H groups in total. The summed E-state index contributed by atoms with van der Waals surface area (Å²) in [7, 11) is 0. The molecular weight excluding hydrogens is 356 g/mol. The van der Waals surface area contributed by atoms with E-state index in [1.54, 1.807) is 6.92 Å². The molecule has 1 aromatic rings. The van der Waals surface area contributed by atoms with Crippen molar-refractivity contribution in [3.05, 3.63) is 32.1 Å². The summed E-state index contributed by atoms with van der Waals surface area (Å²) in [5.41, 5.74) is 0.995. The maximum absolute atomic E-state index is 12.3. The number of thiophene rings is 1. The van der Waals surface area contributed by atoms with Crippen LogP contribution < -0.4 is 10.6 Å². The molecule has 0 bridgehead atoms. The van der Waals surface area contributed by atoms with Crippen LogP contribution in [0, 0.1) is 0 Å². The highest BCUT2D eigenvalue weighted by atomic mass is 79.9. The first-order chi connectivity index (χ1) is 10.0.